The van der Waals surface area contributed by atoms with Gasteiger partial charge in [0.25, 0.3) is 11.6 Å². The molecule has 0 spiro atoms. The van der Waals surface area contributed by atoms with Gasteiger partial charge in [0.05, 0.1) is 23.6 Å². The van der Waals surface area contributed by atoms with Crippen molar-refractivity contribution in [3.8, 4) is 5.75 Å². The van der Waals surface area contributed by atoms with Crippen molar-refractivity contribution in [2.75, 3.05) is 23.9 Å². The number of nitrogens with zero attached hydrogens (tertiary/aromatic N) is 2. The van der Waals surface area contributed by atoms with Crippen LogP contribution in [0.4, 0.5) is 17.1 Å². The van der Waals surface area contributed by atoms with Gasteiger partial charge in [0.15, 0.2) is 6.10 Å². The van der Waals surface area contributed by atoms with Gasteiger partial charge in [-0.05, 0) is 31.2 Å². The highest BCUT2D eigenvalue weighted by Crippen LogP contribution is 2.35. The van der Waals surface area contributed by atoms with Gasteiger partial charge in [-0.2, -0.15) is 0 Å². The van der Waals surface area contributed by atoms with Gasteiger partial charge in [-0.15, -0.1) is 0 Å². The van der Waals surface area contributed by atoms with Crippen LogP contribution in [0.1, 0.15) is 13.3 Å². The number of nitrogens with one attached hydrogen (secondary N) is 1. The topological polar surface area (TPSA) is 128 Å². The van der Waals surface area contributed by atoms with Gasteiger partial charge >= 0.3 is 5.97 Å². The van der Waals surface area contributed by atoms with Gasteiger partial charge in [0.1, 0.15) is 5.75 Å². The van der Waals surface area contributed by atoms with Crippen LogP contribution >= 0.6 is 11.6 Å². The second kappa shape index (κ2) is 9.65. The maximum Gasteiger partial charge on any atom is 0.312 e. The summed E-state index contributed by atoms with van der Waals surface area (Å²) in [4.78, 5) is 49.1. The first kappa shape index (κ1) is 23.0. The van der Waals surface area contributed by atoms with Crippen molar-refractivity contribution in [2.24, 2.45) is 5.92 Å². The number of ether oxygens (including phenoxy) is 2. The highest BCUT2D eigenvalue weighted by atomic mass is 35.5. The van der Waals surface area contributed by atoms with Crippen LogP contribution in [0.2, 0.25) is 5.02 Å². The first-order chi connectivity index (χ1) is 15.2. The molecule has 3 rings (SSSR count). The molecule has 0 unspecified atom stereocenters. The molecule has 32 heavy (non-hydrogen) atoms. The number of nitro benzene ring substituents is 1. The van der Waals surface area contributed by atoms with Gasteiger partial charge in [-0.3, -0.25) is 24.5 Å². The normalized spacial score (nSPS) is 16.4. The number of nitro groups is 1. The molecule has 2 amide bonds. The van der Waals surface area contributed by atoms with Gasteiger partial charge in [0.2, 0.25) is 5.91 Å². The van der Waals surface area contributed by atoms with Gasteiger partial charge < -0.3 is 19.7 Å². The molecular weight excluding hydrogens is 442 g/mol. The summed E-state index contributed by atoms with van der Waals surface area (Å²) in [6, 6.07) is 10.2. The summed E-state index contributed by atoms with van der Waals surface area (Å²) >= 11 is 6.03. The predicted molar refractivity (Wildman–Crippen MR) is 116 cm³/mol. The molecule has 0 bridgehead atoms. The maximum atomic E-state index is 12.6. The fourth-order valence-electron chi connectivity index (χ4n) is 3.24. The molecule has 1 fully saturated rings. The zero-order valence-corrected chi connectivity index (χ0v) is 18.0. The zero-order valence-electron chi connectivity index (χ0n) is 17.2. The van der Waals surface area contributed by atoms with Crippen LogP contribution in [-0.4, -0.2) is 42.5 Å². The lowest BCUT2D eigenvalue weighted by molar-refractivity contribution is -0.384. The standard InChI is InChI=1S/C21H20ClN3O7/c1-12(20(27)23-15-4-3-5-16(10-15)25(29)30)32-21(28)13-8-19(26)24(11-13)17-9-14(22)6-7-18(17)31-2/h3-7,9-10,12-13H,8,11H2,1-2H3,(H,23,27)/t12-,13+/m1/s1. The van der Waals surface area contributed by atoms with E-state index in [4.69, 9.17) is 21.1 Å². The number of esters is 1. The molecule has 0 aromatic heterocycles. The lowest BCUT2D eigenvalue weighted by atomic mass is 10.1. The molecule has 1 N–H and O–H groups in total. The molecule has 11 heteroatoms. The van der Waals surface area contributed by atoms with Gasteiger partial charge in [0, 0.05) is 35.8 Å². The average Bonchev–Trinajstić information content (AvgIpc) is 3.15. The summed E-state index contributed by atoms with van der Waals surface area (Å²) < 4.78 is 10.5. The van der Waals surface area contributed by atoms with Crippen molar-refractivity contribution in [3.05, 3.63) is 57.6 Å². The molecule has 2 aromatic carbocycles. The smallest absolute Gasteiger partial charge is 0.312 e. The number of rotatable bonds is 7. The second-order valence-corrected chi connectivity index (χ2v) is 7.53. The van der Waals surface area contributed by atoms with Crippen LogP contribution < -0.4 is 15.0 Å². The lowest BCUT2D eigenvalue weighted by Crippen LogP contribution is -2.33. The average molecular weight is 462 g/mol. The molecule has 1 heterocycles. The molecule has 0 radical (unpaired) electrons. The Morgan fingerprint density at radius 2 is 2.03 bits per heavy atom. The highest BCUT2D eigenvalue weighted by molar-refractivity contribution is 6.31. The van der Waals surface area contributed by atoms with Crippen molar-refractivity contribution in [1.29, 1.82) is 0 Å². The quantitative estimate of drug-likeness (QED) is 0.381. The van der Waals surface area contributed by atoms with E-state index in [0.717, 1.165) is 0 Å². The second-order valence-electron chi connectivity index (χ2n) is 7.10. The van der Waals surface area contributed by atoms with E-state index < -0.39 is 28.8 Å². The van der Waals surface area contributed by atoms with Crippen molar-refractivity contribution < 1.29 is 28.8 Å². The Morgan fingerprint density at radius 1 is 1.28 bits per heavy atom. The molecule has 168 valence electrons. The SMILES string of the molecule is COc1ccc(Cl)cc1N1C[C@@H](C(=O)O[C@H](C)C(=O)Nc2cccc([N+](=O)[O-])c2)CC1=O. The number of hydrogen-bond acceptors (Lipinski definition) is 7. The number of amides is 2. The zero-order chi connectivity index (χ0) is 23.4. The van der Waals surface area contributed by atoms with Crippen molar-refractivity contribution in [3.63, 3.8) is 0 Å². The summed E-state index contributed by atoms with van der Waals surface area (Å²) in [5.74, 6) is -2.01. The summed E-state index contributed by atoms with van der Waals surface area (Å²) in [6.45, 7) is 1.42. The van der Waals surface area contributed by atoms with Crippen molar-refractivity contribution in [1.82, 2.24) is 0 Å². The molecule has 1 aliphatic rings. The minimum atomic E-state index is -1.17. The summed E-state index contributed by atoms with van der Waals surface area (Å²) in [5.41, 5.74) is 0.451. The van der Waals surface area contributed by atoms with Gasteiger partial charge in [-0.25, -0.2) is 0 Å². The Hall–Kier alpha value is -3.66. The largest absolute Gasteiger partial charge is 0.495 e. The Balaban J connectivity index is 1.63. The Kier molecular flexibility index (Phi) is 6.94. The van der Waals surface area contributed by atoms with Crippen LogP contribution in [0.15, 0.2) is 42.5 Å². The minimum absolute atomic E-state index is 0.0492. The van der Waals surface area contributed by atoms with E-state index in [1.54, 1.807) is 18.2 Å². The van der Waals surface area contributed by atoms with E-state index >= 15 is 0 Å². The van der Waals surface area contributed by atoms with Crippen LogP contribution in [0.3, 0.4) is 0 Å². The fourth-order valence-corrected chi connectivity index (χ4v) is 3.40. The third-order valence-corrected chi connectivity index (χ3v) is 5.11. The maximum absolute atomic E-state index is 12.6. The molecule has 2 atom stereocenters. The number of benzene rings is 2. The van der Waals surface area contributed by atoms with E-state index in [0.29, 0.717) is 16.5 Å². The number of hydrogen-bond donors (Lipinski definition) is 1. The minimum Gasteiger partial charge on any atom is -0.495 e. The third-order valence-electron chi connectivity index (χ3n) is 4.88. The Morgan fingerprint density at radius 3 is 2.72 bits per heavy atom. The van der Waals surface area contributed by atoms with E-state index in [9.17, 15) is 24.5 Å². The molecule has 2 aromatic rings. The van der Waals surface area contributed by atoms with Crippen molar-refractivity contribution >= 4 is 46.4 Å². The number of non-ortho nitro benzene ring substituents is 1. The summed E-state index contributed by atoms with van der Waals surface area (Å²) in [7, 11) is 1.46. The van der Waals surface area contributed by atoms with Crippen LogP contribution in [0.5, 0.6) is 5.75 Å². The summed E-state index contributed by atoms with van der Waals surface area (Å²) in [6.07, 6.45) is -1.26. The third kappa shape index (κ3) is 5.14. The molecule has 1 aliphatic heterocycles. The molecule has 1 saturated heterocycles. The van der Waals surface area contributed by atoms with Gasteiger partial charge in [-0.1, -0.05) is 17.7 Å². The number of halogens is 1. The van der Waals surface area contributed by atoms with E-state index in [1.165, 1.54) is 43.2 Å². The van der Waals surface area contributed by atoms with E-state index in [2.05, 4.69) is 5.32 Å². The molecule has 0 saturated carbocycles. The van der Waals surface area contributed by atoms with E-state index in [1.807, 2.05) is 0 Å². The Bertz CT molecular complexity index is 1080. The van der Waals surface area contributed by atoms with Crippen LogP contribution in [0.25, 0.3) is 0 Å². The Labute approximate surface area is 188 Å². The van der Waals surface area contributed by atoms with Crippen LogP contribution in [0, 0.1) is 16.0 Å². The number of carbonyl (C=O) groups excluding carboxylic acids is 3. The predicted octanol–water partition coefficient (Wildman–Crippen LogP) is 3.18. The number of anilines is 2. The summed E-state index contributed by atoms with van der Waals surface area (Å²) in [5, 5.41) is 13.7. The number of carbonyl (C=O) groups is 3. The molecular formula is C21H20ClN3O7. The van der Waals surface area contributed by atoms with E-state index in [-0.39, 0.29) is 30.2 Å². The molecule has 10 nitrogen and oxygen atoms in total. The number of methoxy groups -OCH3 is 1. The van der Waals surface area contributed by atoms with Crippen LogP contribution in [-0.2, 0) is 19.1 Å². The highest BCUT2D eigenvalue weighted by Gasteiger charge is 2.38. The first-order valence-electron chi connectivity index (χ1n) is 9.59. The monoisotopic (exact) mass is 461 g/mol. The van der Waals surface area contributed by atoms with Crippen molar-refractivity contribution in [2.45, 2.75) is 19.4 Å². The first-order valence-corrected chi connectivity index (χ1v) is 9.97. The molecule has 0 aliphatic carbocycles. The lowest BCUT2D eigenvalue weighted by Gasteiger charge is -2.20. The fraction of sp³-hybridized carbons (Fsp3) is 0.286.